The molecule has 0 radical (unpaired) electrons. The van der Waals surface area contributed by atoms with Crippen LogP contribution in [0.1, 0.15) is 47.1 Å². The summed E-state index contributed by atoms with van der Waals surface area (Å²) < 4.78 is 11.9. The van der Waals surface area contributed by atoms with Crippen LogP contribution < -0.4 is 14.5 Å². The molecule has 4 heterocycles. The monoisotopic (exact) mass is 731 g/mol. The van der Waals surface area contributed by atoms with Gasteiger partial charge in [-0.15, -0.1) is 0 Å². The average Bonchev–Trinajstić information content (AvgIpc) is 3.87. The molecule has 0 aliphatic carbocycles. The largest absolute Gasteiger partial charge is 0.456 e. The Balaban J connectivity index is 1.25. The molecular weight excluding hydrogens is 687 g/mol. The van der Waals surface area contributed by atoms with Crippen LogP contribution in [0.15, 0.2) is 152 Å². The van der Waals surface area contributed by atoms with Gasteiger partial charge in [-0.3, -0.25) is 4.57 Å². The van der Waals surface area contributed by atoms with Crippen molar-refractivity contribution in [2.24, 2.45) is 0 Å². The lowest BCUT2D eigenvalue weighted by Gasteiger charge is -2.34. The predicted molar refractivity (Wildman–Crippen MR) is 234 cm³/mol. The molecule has 3 aromatic heterocycles. The number of fused-ring (bicyclic) bond motifs is 8. The highest BCUT2D eigenvalue weighted by Gasteiger charge is 2.33. The molecule has 0 spiro atoms. The molecule has 0 saturated carbocycles. The first kappa shape index (κ1) is 34.0. The van der Waals surface area contributed by atoms with Gasteiger partial charge in [0.2, 0.25) is 0 Å². The summed E-state index contributed by atoms with van der Waals surface area (Å²) in [4.78, 5) is 9.87. The Morgan fingerprint density at radius 2 is 1.20 bits per heavy atom. The Kier molecular flexibility index (Phi) is 7.59. The molecule has 6 heteroatoms. The number of aromatic nitrogens is 3. The van der Waals surface area contributed by atoms with Crippen LogP contribution in [0.2, 0.25) is 0 Å². The van der Waals surface area contributed by atoms with E-state index >= 15 is 0 Å². The van der Waals surface area contributed by atoms with Crippen LogP contribution in [0.25, 0.3) is 55.1 Å². The van der Waals surface area contributed by atoms with Crippen molar-refractivity contribution in [3.05, 3.63) is 157 Å². The predicted octanol–water partition coefficient (Wildman–Crippen LogP) is 13.1. The van der Waals surface area contributed by atoms with Gasteiger partial charge in [0.05, 0.1) is 45.5 Å². The van der Waals surface area contributed by atoms with E-state index in [0.717, 1.165) is 73.6 Å². The van der Waals surface area contributed by atoms with Gasteiger partial charge in [-0.1, -0.05) is 93.6 Å². The first-order valence-electron chi connectivity index (χ1n) is 19.5. The summed E-state index contributed by atoms with van der Waals surface area (Å²) in [5.41, 5.74) is 10.2. The fraction of sp³-hybridized carbons (Fsp3) is 0.180. The number of hydrogen-bond acceptors (Lipinski definition) is 4. The highest BCUT2D eigenvalue weighted by molar-refractivity contribution is 6.28. The highest BCUT2D eigenvalue weighted by atomic mass is 16.5. The van der Waals surface area contributed by atoms with E-state index in [9.17, 15) is 0 Å². The number of rotatable bonds is 5. The van der Waals surface area contributed by atoms with E-state index in [-0.39, 0.29) is 11.0 Å². The molecule has 0 saturated heterocycles. The Morgan fingerprint density at radius 1 is 0.554 bits per heavy atom. The van der Waals surface area contributed by atoms with E-state index in [0.29, 0.717) is 0 Å². The van der Waals surface area contributed by atoms with Crippen LogP contribution in [0.4, 0.5) is 17.1 Å². The van der Waals surface area contributed by atoms with Crippen LogP contribution >= 0.6 is 0 Å². The number of benzene rings is 6. The van der Waals surface area contributed by atoms with Crippen LogP contribution in [-0.2, 0) is 5.41 Å². The number of hydrogen-bond donors (Lipinski definition) is 0. The van der Waals surface area contributed by atoms with Gasteiger partial charge in [-0.05, 0) is 92.4 Å². The van der Waals surface area contributed by atoms with Crippen molar-refractivity contribution in [3.63, 3.8) is 0 Å². The zero-order chi connectivity index (χ0) is 38.3. The average molecular weight is 732 g/mol. The van der Waals surface area contributed by atoms with Crippen molar-refractivity contribution in [2.75, 3.05) is 16.5 Å². The number of anilines is 3. The van der Waals surface area contributed by atoms with Gasteiger partial charge < -0.3 is 19.1 Å². The summed E-state index contributed by atoms with van der Waals surface area (Å²) in [6, 6.07) is 51.9. The van der Waals surface area contributed by atoms with Crippen molar-refractivity contribution < 1.29 is 4.74 Å². The number of nitrogens with zero attached hydrogens (tertiary/aromatic N) is 5. The number of pyridine rings is 1. The first-order valence-corrected chi connectivity index (χ1v) is 19.5. The van der Waals surface area contributed by atoms with E-state index < -0.39 is 0 Å². The Labute approximate surface area is 327 Å². The van der Waals surface area contributed by atoms with Crippen LogP contribution in [0, 0.1) is 0 Å². The minimum atomic E-state index is -0.0392. The van der Waals surface area contributed by atoms with Crippen molar-refractivity contribution in [2.45, 2.75) is 52.5 Å². The van der Waals surface area contributed by atoms with E-state index in [4.69, 9.17) is 9.72 Å². The zero-order valence-electron chi connectivity index (χ0n) is 32.8. The second kappa shape index (κ2) is 12.5. The maximum Gasteiger partial charge on any atom is 0.139 e. The molecule has 0 bridgehead atoms. The molecule has 9 aromatic rings. The smallest absolute Gasteiger partial charge is 0.139 e. The summed E-state index contributed by atoms with van der Waals surface area (Å²) >= 11 is 0. The molecule has 276 valence electrons. The van der Waals surface area contributed by atoms with Gasteiger partial charge in [0, 0.05) is 51.4 Å². The third-order valence-electron chi connectivity index (χ3n) is 11.3. The normalized spacial score (nSPS) is 13.4. The van der Waals surface area contributed by atoms with Crippen LogP contribution in [0.5, 0.6) is 11.5 Å². The van der Waals surface area contributed by atoms with Crippen LogP contribution in [0.3, 0.4) is 0 Å². The highest BCUT2D eigenvalue weighted by Crippen LogP contribution is 2.48. The fourth-order valence-corrected chi connectivity index (χ4v) is 8.60. The molecule has 1 aliphatic heterocycles. The van der Waals surface area contributed by atoms with Gasteiger partial charge >= 0.3 is 0 Å². The zero-order valence-corrected chi connectivity index (χ0v) is 32.8. The van der Waals surface area contributed by atoms with Gasteiger partial charge in [-0.2, -0.15) is 0 Å². The fourth-order valence-electron chi connectivity index (χ4n) is 8.60. The molecule has 1 aliphatic rings. The summed E-state index contributed by atoms with van der Waals surface area (Å²) in [7, 11) is 0. The lowest BCUT2D eigenvalue weighted by atomic mass is 9.88. The molecule has 0 N–H and O–H groups in total. The number of para-hydroxylation sites is 5. The Bertz CT molecular complexity index is 2960. The topological polar surface area (TPSA) is 38.5 Å². The molecule has 6 nitrogen and oxygen atoms in total. The number of ether oxygens (including phenoxy) is 1. The lowest BCUT2D eigenvalue weighted by molar-refractivity contribution is 0.489. The summed E-state index contributed by atoms with van der Waals surface area (Å²) in [6.07, 6.45) is 1.94. The lowest BCUT2D eigenvalue weighted by Crippen LogP contribution is -2.42. The summed E-state index contributed by atoms with van der Waals surface area (Å²) in [6.45, 7) is 14.3. The Hall–Kier alpha value is -6.53. The molecule has 56 heavy (non-hydrogen) atoms. The molecular formula is C50H45N5O. The molecule has 0 atom stereocenters. The Morgan fingerprint density at radius 3 is 1.93 bits per heavy atom. The summed E-state index contributed by atoms with van der Waals surface area (Å²) in [5.74, 6) is 2.46. The van der Waals surface area contributed by atoms with E-state index in [1.807, 2.05) is 6.20 Å². The third kappa shape index (κ3) is 5.35. The maximum atomic E-state index is 7.22. The minimum Gasteiger partial charge on any atom is -0.456 e. The van der Waals surface area contributed by atoms with Crippen molar-refractivity contribution in [3.8, 4) is 23.0 Å². The van der Waals surface area contributed by atoms with Gasteiger partial charge in [0.15, 0.2) is 0 Å². The van der Waals surface area contributed by atoms with E-state index in [2.05, 4.69) is 206 Å². The molecule has 0 unspecified atom stereocenters. The van der Waals surface area contributed by atoms with Crippen LogP contribution in [-0.4, -0.2) is 26.3 Å². The molecule has 0 fully saturated rings. The maximum absolute atomic E-state index is 7.22. The van der Waals surface area contributed by atoms with E-state index in [1.165, 1.54) is 22.3 Å². The summed E-state index contributed by atoms with van der Waals surface area (Å²) in [5, 5.41) is 4.54. The molecule has 6 aromatic carbocycles. The van der Waals surface area contributed by atoms with Gasteiger partial charge in [0.1, 0.15) is 17.3 Å². The second-order valence-corrected chi connectivity index (χ2v) is 16.9. The first-order chi connectivity index (χ1) is 27.1. The molecule has 0 amide bonds. The standard InChI is InChI=1S/C50H45N5O/c1-49(2,3)33-27-28-51-45(29-33)55-40-24-13-10-21-37(40)46-43(55)31-44(47-38-22-11-12-23-39(38)54(48(46)47)34-17-8-7-9-18-34)56-36-20-16-19-35(30-36)52-32-53(50(4,5)6)42-26-15-14-25-41(42)52/h7-31H,32H2,1-6H3. The van der Waals surface area contributed by atoms with Crippen molar-refractivity contribution in [1.29, 1.82) is 0 Å². The second-order valence-electron chi connectivity index (χ2n) is 16.9. The van der Waals surface area contributed by atoms with Gasteiger partial charge in [0.25, 0.3) is 0 Å². The minimum absolute atomic E-state index is 0.0351. The van der Waals surface area contributed by atoms with Gasteiger partial charge in [-0.25, -0.2) is 4.98 Å². The van der Waals surface area contributed by atoms with Crippen molar-refractivity contribution >= 4 is 60.7 Å². The van der Waals surface area contributed by atoms with Crippen molar-refractivity contribution in [1.82, 2.24) is 14.1 Å². The van der Waals surface area contributed by atoms with E-state index in [1.54, 1.807) is 0 Å². The third-order valence-corrected chi connectivity index (χ3v) is 11.3. The SMILES string of the molecule is CC(C)(C)c1ccnc(-n2c3ccccc3c3c2cc(Oc2cccc(N4CN(C(C)(C)C)c5ccccc54)c2)c2c4ccccc4n(-c4ccccc4)c23)c1. The quantitative estimate of drug-likeness (QED) is 0.177. The molecule has 10 rings (SSSR count).